The second-order valence-corrected chi connectivity index (χ2v) is 6.17. The lowest BCUT2D eigenvalue weighted by molar-refractivity contribution is -0.125. The fourth-order valence-electron chi connectivity index (χ4n) is 2.48. The number of ether oxygens (including phenoxy) is 2. The van der Waals surface area contributed by atoms with Gasteiger partial charge in [-0.3, -0.25) is 9.59 Å². The predicted molar refractivity (Wildman–Crippen MR) is 110 cm³/mol. The van der Waals surface area contributed by atoms with Crippen molar-refractivity contribution < 1.29 is 23.9 Å². The molecule has 8 nitrogen and oxygen atoms in total. The Bertz CT molecular complexity index is 878. The zero-order valence-corrected chi connectivity index (χ0v) is 16.9. The molecule has 0 unspecified atom stereocenters. The van der Waals surface area contributed by atoms with Crippen molar-refractivity contribution in [3.05, 3.63) is 53.6 Å². The van der Waals surface area contributed by atoms with Gasteiger partial charge in [0.1, 0.15) is 0 Å². The number of methoxy groups -OCH3 is 2. The molecular formula is C21H25N3O5. The predicted octanol–water partition coefficient (Wildman–Crippen LogP) is 2.72. The van der Waals surface area contributed by atoms with Crippen molar-refractivity contribution in [3.8, 4) is 11.5 Å². The Labute approximate surface area is 169 Å². The number of hydrogen-bond acceptors (Lipinski definition) is 6. The Morgan fingerprint density at radius 1 is 0.966 bits per heavy atom. The highest BCUT2D eigenvalue weighted by Crippen LogP contribution is 2.27. The van der Waals surface area contributed by atoms with Crippen LogP contribution >= 0.6 is 0 Å². The smallest absolute Gasteiger partial charge is 0.261 e. The van der Waals surface area contributed by atoms with Gasteiger partial charge in [-0.2, -0.15) is 0 Å². The van der Waals surface area contributed by atoms with Crippen molar-refractivity contribution in [2.24, 2.45) is 5.16 Å². The minimum atomic E-state index is -0.294. The Kier molecular flexibility index (Phi) is 8.02. The Balaban J connectivity index is 1.82. The molecule has 0 aliphatic heterocycles. The van der Waals surface area contributed by atoms with E-state index in [1.54, 1.807) is 45.4 Å². The van der Waals surface area contributed by atoms with Crippen molar-refractivity contribution >= 4 is 23.2 Å². The van der Waals surface area contributed by atoms with Crippen molar-refractivity contribution in [1.82, 2.24) is 5.32 Å². The van der Waals surface area contributed by atoms with Gasteiger partial charge in [0, 0.05) is 19.2 Å². The van der Waals surface area contributed by atoms with Crippen LogP contribution < -0.4 is 20.1 Å². The average molecular weight is 399 g/mol. The van der Waals surface area contributed by atoms with Gasteiger partial charge in [0.2, 0.25) is 5.91 Å². The normalized spacial score (nSPS) is 10.8. The van der Waals surface area contributed by atoms with E-state index in [4.69, 9.17) is 14.3 Å². The number of carbonyl (C=O) groups excluding carboxylic acids is 2. The summed E-state index contributed by atoms with van der Waals surface area (Å²) in [5.41, 5.74) is 3.01. The van der Waals surface area contributed by atoms with E-state index >= 15 is 0 Å². The molecule has 0 heterocycles. The van der Waals surface area contributed by atoms with Crippen LogP contribution in [0.2, 0.25) is 0 Å². The largest absolute Gasteiger partial charge is 0.493 e. The summed E-state index contributed by atoms with van der Waals surface area (Å²) in [5.74, 6) is 0.795. The molecule has 0 saturated carbocycles. The van der Waals surface area contributed by atoms with Gasteiger partial charge in [0.15, 0.2) is 18.1 Å². The summed E-state index contributed by atoms with van der Waals surface area (Å²) in [6.07, 6.45) is 0. The van der Waals surface area contributed by atoms with Crippen LogP contribution in [0.3, 0.4) is 0 Å². The van der Waals surface area contributed by atoms with Crippen LogP contribution in [0.15, 0.2) is 47.6 Å². The first-order chi connectivity index (χ1) is 13.9. The monoisotopic (exact) mass is 399 g/mol. The molecule has 0 atom stereocenters. The molecule has 0 fully saturated rings. The first-order valence-corrected chi connectivity index (χ1v) is 8.95. The minimum Gasteiger partial charge on any atom is -0.493 e. The maximum absolute atomic E-state index is 12.0. The van der Waals surface area contributed by atoms with Gasteiger partial charge in [-0.15, -0.1) is 0 Å². The van der Waals surface area contributed by atoms with Crippen LogP contribution in [0, 0.1) is 0 Å². The Morgan fingerprint density at radius 2 is 1.66 bits per heavy atom. The highest BCUT2D eigenvalue weighted by Gasteiger charge is 2.07. The average Bonchev–Trinajstić information content (AvgIpc) is 2.72. The Hall–Kier alpha value is -3.55. The van der Waals surface area contributed by atoms with E-state index in [0.29, 0.717) is 29.4 Å². The van der Waals surface area contributed by atoms with Crippen LogP contribution in [0.5, 0.6) is 11.5 Å². The summed E-state index contributed by atoms with van der Waals surface area (Å²) >= 11 is 0. The van der Waals surface area contributed by atoms with Gasteiger partial charge >= 0.3 is 0 Å². The second-order valence-electron chi connectivity index (χ2n) is 6.17. The molecule has 2 aromatic rings. The van der Waals surface area contributed by atoms with Crippen LogP contribution in [-0.2, 0) is 21.0 Å². The number of benzene rings is 2. The van der Waals surface area contributed by atoms with Crippen LogP contribution in [-0.4, -0.2) is 38.4 Å². The van der Waals surface area contributed by atoms with E-state index in [1.807, 2.05) is 18.2 Å². The van der Waals surface area contributed by atoms with Crippen LogP contribution in [0.1, 0.15) is 25.0 Å². The van der Waals surface area contributed by atoms with E-state index in [1.165, 1.54) is 6.92 Å². The molecule has 0 aliphatic rings. The van der Waals surface area contributed by atoms with Gasteiger partial charge in [0.25, 0.3) is 5.91 Å². The number of anilines is 1. The summed E-state index contributed by atoms with van der Waals surface area (Å²) in [4.78, 5) is 28.1. The van der Waals surface area contributed by atoms with Crippen LogP contribution in [0.4, 0.5) is 5.69 Å². The third-order valence-corrected chi connectivity index (χ3v) is 3.96. The summed E-state index contributed by atoms with van der Waals surface area (Å²) in [5, 5.41) is 9.41. The molecule has 0 aromatic heterocycles. The number of hydrogen-bond donors (Lipinski definition) is 2. The van der Waals surface area contributed by atoms with E-state index in [-0.39, 0.29) is 18.4 Å². The molecule has 0 spiro atoms. The molecule has 0 bridgehead atoms. The van der Waals surface area contributed by atoms with Crippen molar-refractivity contribution in [2.45, 2.75) is 20.4 Å². The molecule has 2 amide bonds. The zero-order valence-electron chi connectivity index (χ0n) is 16.9. The highest BCUT2D eigenvalue weighted by molar-refractivity contribution is 5.99. The van der Waals surface area contributed by atoms with Crippen molar-refractivity contribution in [1.29, 1.82) is 0 Å². The molecule has 0 radical (unpaired) electrons. The summed E-state index contributed by atoms with van der Waals surface area (Å²) in [6, 6.07) is 12.6. The SMILES string of the molecule is COc1ccc(CNC(=O)CO/N=C(\C)c2ccc(NC(C)=O)cc2)cc1OC. The first-order valence-electron chi connectivity index (χ1n) is 8.95. The zero-order chi connectivity index (χ0) is 21.2. The van der Waals surface area contributed by atoms with Gasteiger partial charge in [-0.1, -0.05) is 23.4 Å². The second kappa shape index (κ2) is 10.7. The van der Waals surface area contributed by atoms with E-state index in [9.17, 15) is 9.59 Å². The lowest BCUT2D eigenvalue weighted by Crippen LogP contribution is -2.26. The molecule has 0 saturated heterocycles. The number of nitrogens with one attached hydrogen (secondary N) is 2. The summed E-state index contributed by atoms with van der Waals surface area (Å²) in [7, 11) is 3.12. The summed E-state index contributed by atoms with van der Waals surface area (Å²) < 4.78 is 10.4. The van der Waals surface area contributed by atoms with E-state index in [2.05, 4.69) is 15.8 Å². The fourth-order valence-corrected chi connectivity index (χ4v) is 2.48. The lowest BCUT2D eigenvalue weighted by atomic mass is 10.1. The first kappa shape index (κ1) is 21.7. The third kappa shape index (κ3) is 6.84. The number of carbonyl (C=O) groups is 2. The van der Waals surface area contributed by atoms with Crippen molar-refractivity contribution in [2.75, 3.05) is 26.1 Å². The van der Waals surface area contributed by atoms with E-state index in [0.717, 1.165) is 11.1 Å². The van der Waals surface area contributed by atoms with E-state index < -0.39 is 0 Å². The molecule has 2 N–H and O–H groups in total. The van der Waals surface area contributed by atoms with Gasteiger partial charge in [0.05, 0.1) is 19.9 Å². The quantitative estimate of drug-likeness (QED) is 0.499. The molecular weight excluding hydrogens is 374 g/mol. The number of amides is 2. The molecule has 2 rings (SSSR count). The molecule has 0 aliphatic carbocycles. The molecule has 2 aromatic carbocycles. The standard InChI is InChI=1S/C21H25N3O5/c1-14(17-6-8-18(9-7-17)23-15(2)25)24-29-13-21(26)22-12-16-5-10-19(27-3)20(11-16)28-4/h5-11H,12-13H2,1-4H3,(H,22,26)(H,23,25)/b24-14+. The Morgan fingerprint density at radius 3 is 2.28 bits per heavy atom. The van der Waals surface area contributed by atoms with Crippen molar-refractivity contribution in [3.63, 3.8) is 0 Å². The maximum atomic E-state index is 12.0. The topological polar surface area (TPSA) is 98.3 Å². The number of nitrogens with zero attached hydrogens (tertiary/aromatic N) is 1. The lowest BCUT2D eigenvalue weighted by Gasteiger charge is -2.10. The van der Waals surface area contributed by atoms with Crippen LogP contribution in [0.25, 0.3) is 0 Å². The minimum absolute atomic E-state index is 0.134. The molecule has 154 valence electrons. The van der Waals surface area contributed by atoms with Gasteiger partial charge < -0.3 is 24.9 Å². The van der Waals surface area contributed by atoms with Gasteiger partial charge in [-0.25, -0.2) is 0 Å². The maximum Gasteiger partial charge on any atom is 0.261 e. The number of oxime groups is 1. The summed E-state index contributed by atoms with van der Waals surface area (Å²) in [6.45, 7) is 3.35. The molecule has 29 heavy (non-hydrogen) atoms. The molecule has 8 heteroatoms. The number of rotatable bonds is 9. The third-order valence-electron chi connectivity index (χ3n) is 3.96. The fraction of sp³-hybridized carbons (Fsp3) is 0.286. The highest BCUT2D eigenvalue weighted by atomic mass is 16.6. The van der Waals surface area contributed by atoms with Gasteiger partial charge in [-0.05, 0) is 42.3 Å².